The van der Waals surface area contributed by atoms with Crippen LogP contribution in [0.4, 0.5) is 0 Å². The van der Waals surface area contributed by atoms with E-state index in [4.69, 9.17) is 24.5 Å². The monoisotopic (exact) mass is 311 g/mol. The summed E-state index contributed by atoms with van der Waals surface area (Å²) < 4.78 is 22.7. The number of fused-ring (bicyclic) bond motifs is 1. The van der Waals surface area contributed by atoms with Crippen molar-refractivity contribution in [1.82, 2.24) is 0 Å². The Morgan fingerprint density at radius 1 is 1.50 bits per heavy atom. The predicted molar refractivity (Wildman–Crippen MR) is 76.6 cm³/mol. The van der Waals surface area contributed by atoms with Crippen LogP contribution in [0.3, 0.4) is 0 Å². The first-order valence-corrected chi connectivity index (χ1v) is 7.15. The highest BCUT2D eigenvalue weighted by molar-refractivity contribution is 5.79. The second-order valence-electron chi connectivity index (χ2n) is 5.83. The molecule has 5 atom stereocenters. The Morgan fingerprint density at radius 2 is 2.18 bits per heavy atom. The minimum absolute atomic E-state index is 0.328. The van der Waals surface area contributed by atoms with Crippen LogP contribution in [0.25, 0.3) is 10.4 Å². The number of methoxy groups -OCH3 is 1. The van der Waals surface area contributed by atoms with Gasteiger partial charge in [0.15, 0.2) is 12.1 Å². The van der Waals surface area contributed by atoms with Crippen molar-refractivity contribution >= 4 is 5.91 Å². The summed E-state index contributed by atoms with van der Waals surface area (Å²) in [5.41, 5.74) is 8.43. The molecule has 0 bridgehead atoms. The molecule has 0 radical (unpaired) electrons. The molecule has 0 N–H and O–H groups in total. The van der Waals surface area contributed by atoms with Crippen LogP contribution in [-0.2, 0) is 23.7 Å². The second-order valence-corrected chi connectivity index (χ2v) is 5.83. The third-order valence-electron chi connectivity index (χ3n) is 3.80. The van der Waals surface area contributed by atoms with Gasteiger partial charge in [0.2, 0.25) is 5.91 Å². The Hall–Kier alpha value is -1.44. The number of hydrogen-bond donors (Lipinski definition) is 0. The number of nitrogens with zero attached hydrogens (tertiary/aromatic N) is 3. The number of allylic oxidation sites excluding steroid dienone is 1. The fourth-order valence-corrected chi connectivity index (χ4v) is 2.93. The Bertz CT molecular complexity index is 489. The lowest BCUT2D eigenvalue weighted by Gasteiger charge is -2.25. The molecule has 0 aromatic carbocycles. The summed E-state index contributed by atoms with van der Waals surface area (Å²) in [5.74, 6) is -1.75. The zero-order valence-electron chi connectivity index (χ0n) is 13.0. The molecular weight excluding hydrogens is 290 g/mol. The fourth-order valence-electron chi connectivity index (χ4n) is 2.93. The lowest BCUT2D eigenvalue weighted by atomic mass is 9.94. The van der Waals surface area contributed by atoms with Crippen LogP contribution in [0, 0.1) is 5.92 Å². The Labute approximate surface area is 129 Å². The number of rotatable bonds is 6. The smallest absolute Gasteiger partial charge is 0.222 e. The van der Waals surface area contributed by atoms with E-state index >= 15 is 0 Å². The van der Waals surface area contributed by atoms with Crippen LogP contribution in [0.15, 0.2) is 17.8 Å². The van der Waals surface area contributed by atoms with Gasteiger partial charge in [-0.2, -0.15) is 0 Å². The summed E-state index contributed by atoms with van der Waals surface area (Å²) in [6.45, 7) is 7.27. The summed E-state index contributed by atoms with van der Waals surface area (Å²) in [4.78, 5) is 14.4. The maximum atomic E-state index is 11.9. The normalized spacial score (nSPS) is 33.8. The lowest BCUT2D eigenvalue weighted by molar-refractivity contribution is -0.228. The van der Waals surface area contributed by atoms with Gasteiger partial charge < -0.3 is 18.9 Å². The zero-order valence-corrected chi connectivity index (χ0v) is 13.0. The maximum Gasteiger partial charge on any atom is 0.222 e. The molecule has 0 unspecified atom stereocenters. The number of carbonyl (C=O) groups excluding carboxylic acids is 1. The van der Waals surface area contributed by atoms with Crippen molar-refractivity contribution in [3.8, 4) is 0 Å². The van der Waals surface area contributed by atoms with Gasteiger partial charge in [0.05, 0.1) is 6.10 Å². The zero-order chi connectivity index (χ0) is 16.3. The highest BCUT2D eigenvalue weighted by Crippen LogP contribution is 2.41. The number of amides is 1. The fraction of sp³-hybridized carbons (Fsp3) is 0.786. The van der Waals surface area contributed by atoms with Gasteiger partial charge in [-0.3, -0.25) is 4.79 Å². The average molecular weight is 311 g/mol. The van der Waals surface area contributed by atoms with E-state index in [1.165, 1.54) is 7.11 Å². The quantitative estimate of drug-likeness (QED) is 0.324. The molecule has 22 heavy (non-hydrogen) atoms. The third-order valence-corrected chi connectivity index (χ3v) is 3.80. The second kappa shape index (κ2) is 6.76. The Morgan fingerprint density at radius 3 is 2.77 bits per heavy atom. The SMILES string of the molecule is C=CC[C@@H](C[C@H]1O[C@@H](OC)[C@@H]2OC(C)(C)O[C@@H]21)C(=O)N=[N+]=[N-]. The van der Waals surface area contributed by atoms with Gasteiger partial charge in [0.1, 0.15) is 12.2 Å². The van der Waals surface area contributed by atoms with Gasteiger partial charge in [0.25, 0.3) is 0 Å². The lowest BCUT2D eigenvalue weighted by Crippen LogP contribution is -2.32. The molecular formula is C14H21N3O5. The average Bonchev–Trinajstić information content (AvgIpc) is 2.92. The van der Waals surface area contributed by atoms with Crippen molar-refractivity contribution in [2.24, 2.45) is 11.0 Å². The van der Waals surface area contributed by atoms with Gasteiger partial charge in [-0.1, -0.05) is 6.08 Å². The number of ether oxygens (including phenoxy) is 4. The summed E-state index contributed by atoms with van der Waals surface area (Å²) >= 11 is 0. The highest BCUT2D eigenvalue weighted by Gasteiger charge is 2.55. The van der Waals surface area contributed by atoms with E-state index in [9.17, 15) is 4.79 Å². The molecule has 0 saturated carbocycles. The molecule has 2 rings (SSSR count). The van der Waals surface area contributed by atoms with Crippen molar-refractivity contribution in [2.75, 3.05) is 7.11 Å². The number of hydrogen-bond acceptors (Lipinski definition) is 5. The standard InChI is InChI=1S/C14H21N3O5/c1-5-6-8(12(18)16-17-15)7-9-10-11(13(19-4)20-9)22-14(2,3)21-10/h5,8-11,13H,1,6-7H2,2-4H3/t8-,9+,10+,11+,13+/m0/s1. The van der Waals surface area contributed by atoms with Gasteiger partial charge in [0, 0.05) is 17.9 Å². The summed E-state index contributed by atoms with van der Waals surface area (Å²) in [6, 6.07) is 0. The van der Waals surface area contributed by atoms with Crippen LogP contribution in [0.2, 0.25) is 0 Å². The van der Waals surface area contributed by atoms with Gasteiger partial charge in [-0.15, -0.1) is 6.58 Å². The molecule has 2 aliphatic rings. The molecule has 122 valence electrons. The van der Waals surface area contributed by atoms with Crippen molar-refractivity contribution in [3.05, 3.63) is 23.1 Å². The molecule has 2 heterocycles. The number of carbonyl (C=O) groups is 1. The van der Waals surface area contributed by atoms with Crippen molar-refractivity contribution in [3.63, 3.8) is 0 Å². The summed E-state index contributed by atoms with van der Waals surface area (Å²) in [7, 11) is 1.53. The minimum Gasteiger partial charge on any atom is -0.353 e. The molecule has 2 saturated heterocycles. The van der Waals surface area contributed by atoms with Crippen molar-refractivity contribution < 1.29 is 23.7 Å². The van der Waals surface area contributed by atoms with E-state index in [2.05, 4.69) is 16.6 Å². The molecule has 8 heteroatoms. The number of azide groups is 1. The molecule has 0 aromatic heterocycles. The van der Waals surface area contributed by atoms with Crippen LogP contribution < -0.4 is 0 Å². The molecule has 1 amide bonds. The van der Waals surface area contributed by atoms with E-state index in [-0.39, 0.29) is 18.3 Å². The van der Waals surface area contributed by atoms with Crippen LogP contribution in [0.1, 0.15) is 26.7 Å². The largest absolute Gasteiger partial charge is 0.353 e. The maximum absolute atomic E-state index is 11.9. The van der Waals surface area contributed by atoms with E-state index in [1.54, 1.807) is 6.08 Å². The first kappa shape index (κ1) is 16.9. The van der Waals surface area contributed by atoms with Crippen molar-refractivity contribution in [2.45, 2.75) is 57.1 Å². The van der Waals surface area contributed by atoms with Gasteiger partial charge in [-0.05, 0) is 37.3 Å². The van der Waals surface area contributed by atoms with Crippen LogP contribution >= 0.6 is 0 Å². The first-order chi connectivity index (χ1) is 10.4. The highest BCUT2D eigenvalue weighted by atomic mass is 16.8. The van der Waals surface area contributed by atoms with Crippen LogP contribution in [-0.4, -0.2) is 43.4 Å². The summed E-state index contributed by atoms with van der Waals surface area (Å²) in [6.07, 6.45) is 0.776. The molecule has 2 fully saturated rings. The first-order valence-electron chi connectivity index (χ1n) is 7.15. The molecule has 8 nitrogen and oxygen atoms in total. The molecule has 0 aromatic rings. The third kappa shape index (κ3) is 3.48. The molecule has 2 aliphatic heterocycles. The Balaban J connectivity index is 2.11. The van der Waals surface area contributed by atoms with E-state index in [0.29, 0.717) is 12.8 Å². The van der Waals surface area contributed by atoms with E-state index < -0.39 is 23.9 Å². The molecule has 0 spiro atoms. The van der Waals surface area contributed by atoms with Crippen molar-refractivity contribution in [1.29, 1.82) is 0 Å². The van der Waals surface area contributed by atoms with E-state index in [0.717, 1.165) is 0 Å². The predicted octanol–water partition coefficient (Wildman–Crippen LogP) is 2.30. The van der Waals surface area contributed by atoms with Gasteiger partial charge >= 0.3 is 0 Å². The van der Waals surface area contributed by atoms with Crippen LogP contribution in [0.5, 0.6) is 0 Å². The summed E-state index contributed by atoms with van der Waals surface area (Å²) in [5, 5.41) is 3.17. The Kier molecular flexibility index (Phi) is 5.20. The van der Waals surface area contributed by atoms with E-state index in [1.807, 2.05) is 13.8 Å². The minimum atomic E-state index is -0.725. The topological polar surface area (TPSA) is 103 Å². The molecule has 0 aliphatic carbocycles. The van der Waals surface area contributed by atoms with Gasteiger partial charge in [-0.25, -0.2) is 0 Å².